The van der Waals surface area contributed by atoms with Gasteiger partial charge in [-0.15, -0.1) is 0 Å². The number of rotatable bonds is 4. The fraction of sp³-hybridized carbons (Fsp3) is 0.583. The second-order valence-corrected chi connectivity index (χ2v) is 4.34. The van der Waals surface area contributed by atoms with Crippen LogP contribution in [0.3, 0.4) is 0 Å². The maximum atomic E-state index is 5.58. The SMILES string of the molecule is CN1CCCC1CCOc1ccc(N)cn1. The van der Waals surface area contributed by atoms with Crippen LogP contribution in [-0.4, -0.2) is 36.1 Å². The Labute approximate surface area is 96.4 Å². The van der Waals surface area contributed by atoms with E-state index >= 15 is 0 Å². The smallest absolute Gasteiger partial charge is 0.213 e. The van der Waals surface area contributed by atoms with Crippen LogP contribution in [-0.2, 0) is 0 Å². The number of nitrogens with two attached hydrogens (primary N) is 1. The molecule has 0 aromatic carbocycles. The summed E-state index contributed by atoms with van der Waals surface area (Å²) in [6.45, 7) is 1.94. The third kappa shape index (κ3) is 2.85. The summed E-state index contributed by atoms with van der Waals surface area (Å²) < 4.78 is 5.58. The summed E-state index contributed by atoms with van der Waals surface area (Å²) in [5.41, 5.74) is 6.22. The van der Waals surface area contributed by atoms with Gasteiger partial charge in [0, 0.05) is 12.1 Å². The average Bonchev–Trinajstić information content (AvgIpc) is 2.68. The summed E-state index contributed by atoms with van der Waals surface area (Å²) in [6, 6.07) is 4.30. The summed E-state index contributed by atoms with van der Waals surface area (Å²) in [5.74, 6) is 0.662. The van der Waals surface area contributed by atoms with Crippen molar-refractivity contribution in [3.8, 4) is 5.88 Å². The van der Waals surface area contributed by atoms with E-state index in [1.807, 2.05) is 12.1 Å². The summed E-state index contributed by atoms with van der Waals surface area (Å²) in [4.78, 5) is 6.50. The number of nitrogen functional groups attached to an aromatic ring is 1. The van der Waals surface area contributed by atoms with Gasteiger partial charge >= 0.3 is 0 Å². The number of hydrogen-bond acceptors (Lipinski definition) is 4. The maximum Gasteiger partial charge on any atom is 0.213 e. The molecule has 2 N–H and O–H groups in total. The molecule has 1 fully saturated rings. The van der Waals surface area contributed by atoms with Gasteiger partial charge in [-0.3, -0.25) is 0 Å². The summed E-state index contributed by atoms with van der Waals surface area (Å²) in [7, 11) is 2.18. The van der Waals surface area contributed by atoms with Crippen LogP contribution in [0.25, 0.3) is 0 Å². The molecule has 4 nitrogen and oxygen atoms in total. The van der Waals surface area contributed by atoms with Crippen LogP contribution in [0, 0.1) is 0 Å². The van der Waals surface area contributed by atoms with E-state index in [2.05, 4.69) is 16.9 Å². The first-order valence-corrected chi connectivity index (χ1v) is 5.80. The highest BCUT2D eigenvalue weighted by Gasteiger charge is 2.20. The van der Waals surface area contributed by atoms with Crippen molar-refractivity contribution >= 4 is 5.69 Å². The zero-order valence-electron chi connectivity index (χ0n) is 9.72. The Hall–Kier alpha value is -1.29. The Bertz CT molecular complexity index is 326. The monoisotopic (exact) mass is 221 g/mol. The first-order chi connectivity index (χ1) is 7.75. The molecule has 0 aliphatic carbocycles. The lowest BCUT2D eigenvalue weighted by atomic mass is 10.1. The zero-order chi connectivity index (χ0) is 11.4. The molecule has 2 rings (SSSR count). The second kappa shape index (κ2) is 5.16. The van der Waals surface area contributed by atoms with Crippen molar-refractivity contribution in [3.63, 3.8) is 0 Å². The van der Waals surface area contributed by atoms with Crippen LogP contribution in [0.1, 0.15) is 19.3 Å². The summed E-state index contributed by atoms with van der Waals surface area (Å²) >= 11 is 0. The lowest BCUT2D eigenvalue weighted by Crippen LogP contribution is -2.26. The Kier molecular flexibility index (Phi) is 3.62. The Morgan fingerprint density at radius 3 is 3.06 bits per heavy atom. The number of nitrogens with zero attached hydrogens (tertiary/aromatic N) is 2. The molecule has 1 aliphatic rings. The molecule has 2 heterocycles. The van der Waals surface area contributed by atoms with Gasteiger partial charge in [-0.2, -0.15) is 0 Å². The number of aromatic nitrogens is 1. The largest absolute Gasteiger partial charge is 0.478 e. The average molecular weight is 221 g/mol. The second-order valence-electron chi connectivity index (χ2n) is 4.34. The number of pyridine rings is 1. The lowest BCUT2D eigenvalue weighted by molar-refractivity contribution is 0.228. The predicted molar refractivity (Wildman–Crippen MR) is 64.4 cm³/mol. The highest BCUT2D eigenvalue weighted by molar-refractivity contribution is 5.35. The van der Waals surface area contributed by atoms with Crippen molar-refractivity contribution in [1.82, 2.24) is 9.88 Å². The summed E-state index contributed by atoms with van der Waals surface area (Å²) in [6.07, 6.45) is 5.29. The number of hydrogen-bond donors (Lipinski definition) is 1. The fourth-order valence-corrected chi connectivity index (χ4v) is 2.12. The van der Waals surface area contributed by atoms with Crippen molar-refractivity contribution in [2.24, 2.45) is 0 Å². The maximum absolute atomic E-state index is 5.58. The van der Waals surface area contributed by atoms with Gasteiger partial charge in [0.1, 0.15) is 0 Å². The third-order valence-corrected chi connectivity index (χ3v) is 3.13. The minimum absolute atomic E-state index is 0.662. The van der Waals surface area contributed by atoms with Gasteiger partial charge in [-0.05, 0) is 38.9 Å². The Morgan fingerprint density at radius 1 is 1.56 bits per heavy atom. The topological polar surface area (TPSA) is 51.4 Å². The summed E-state index contributed by atoms with van der Waals surface area (Å²) in [5, 5.41) is 0. The fourth-order valence-electron chi connectivity index (χ4n) is 2.12. The van der Waals surface area contributed by atoms with Crippen LogP contribution >= 0.6 is 0 Å². The lowest BCUT2D eigenvalue weighted by Gasteiger charge is -2.18. The molecule has 1 aliphatic heterocycles. The van der Waals surface area contributed by atoms with Crippen molar-refractivity contribution in [3.05, 3.63) is 18.3 Å². The van der Waals surface area contributed by atoms with Crippen LogP contribution in [0.2, 0.25) is 0 Å². The zero-order valence-corrected chi connectivity index (χ0v) is 9.72. The van der Waals surface area contributed by atoms with Gasteiger partial charge in [0.2, 0.25) is 5.88 Å². The molecule has 0 spiro atoms. The minimum Gasteiger partial charge on any atom is -0.478 e. The normalized spacial score (nSPS) is 21.2. The molecule has 4 heteroatoms. The van der Waals surface area contributed by atoms with E-state index in [4.69, 9.17) is 10.5 Å². The molecule has 1 unspecified atom stereocenters. The standard InChI is InChI=1S/C12H19N3O/c1-15-7-2-3-11(15)6-8-16-12-5-4-10(13)9-14-12/h4-5,9,11H,2-3,6-8,13H2,1H3. The molecule has 16 heavy (non-hydrogen) atoms. The first-order valence-electron chi connectivity index (χ1n) is 5.80. The van der Waals surface area contributed by atoms with E-state index in [-0.39, 0.29) is 0 Å². The van der Waals surface area contributed by atoms with E-state index in [1.54, 1.807) is 6.20 Å². The van der Waals surface area contributed by atoms with Crippen molar-refractivity contribution in [2.45, 2.75) is 25.3 Å². The van der Waals surface area contributed by atoms with Gasteiger partial charge in [0.25, 0.3) is 0 Å². The first kappa shape index (κ1) is 11.2. The third-order valence-electron chi connectivity index (χ3n) is 3.13. The van der Waals surface area contributed by atoms with E-state index in [0.717, 1.165) is 13.0 Å². The quantitative estimate of drug-likeness (QED) is 0.837. The number of ether oxygens (including phenoxy) is 1. The Morgan fingerprint density at radius 2 is 2.44 bits per heavy atom. The van der Waals surface area contributed by atoms with Crippen LogP contribution < -0.4 is 10.5 Å². The van der Waals surface area contributed by atoms with E-state index in [0.29, 0.717) is 17.6 Å². The Balaban J connectivity index is 1.73. The van der Waals surface area contributed by atoms with E-state index in [9.17, 15) is 0 Å². The minimum atomic E-state index is 0.662. The molecule has 1 saturated heterocycles. The molecule has 0 bridgehead atoms. The number of likely N-dealkylation sites (tertiary alicyclic amines) is 1. The van der Waals surface area contributed by atoms with Crippen molar-refractivity contribution in [1.29, 1.82) is 0 Å². The van der Waals surface area contributed by atoms with E-state index in [1.165, 1.54) is 19.4 Å². The van der Waals surface area contributed by atoms with E-state index < -0.39 is 0 Å². The molecular weight excluding hydrogens is 202 g/mol. The molecule has 0 amide bonds. The van der Waals surface area contributed by atoms with Crippen molar-refractivity contribution < 1.29 is 4.74 Å². The molecule has 1 atom stereocenters. The highest BCUT2D eigenvalue weighted by atomic mass is 16.5. The molecule has 1 aromatic rings. The number of anilines is 1. The van der Waals surface area contributed by atoms with Crippen molar-refractivity contribution in [2.75, 3.05) is 25.9 Å². The molecule has 0 radical (unpaired) electrons. The van der Waals surface area contributed by atoms with Crippen LogP contribution in [0.5, 0.6) is 5.88 Å². The predicted octanol–water partition coefficient (Wildman–Crippen LogP) is 1.53. The molecule has 88 valence electrons. The van der Waals surface area contributed by atoms with Gasteiger partial charge in [-0.25, -0.2) is 4.98 Å². The van der Waals surface area contributed by atoms with Crippen LogP contribution in [0.15, 0.2) is 18.3 Å². The highest BCUT2D eigenvalue weighted by Crippen LogP contribution is 2.18. The molecule has 0 saturated carbocycles. The molecular formula is C12H19N3O. The van der Waals surface area contributed by atoms with Gasteiger partial charge < -0.3 is 15.4 Å². The van der Waals surface area contributed by atoms with Gasteiger partial charge in [-0.1, -0.05) is 0 Å². The molecule has 1 aromatic heterocycles. The van der Waals surface area contributed by atoms with Gasteiger partial charge in [0.05, 0.1) is 18.5 Å². The van der Waals surface area contributed by atoms with Gasteiger partial charge in [0.15, 0.2) is 0 Å². The van der Waals surface area contributed by atoms with Crippen LogP contribution in [0.4, 0.5) is 5.69 Å².